The Labute approximate surface area is 168 Å². The Kier molecular flexibility index (Phi) is 5.19. The minimum Gasteiger partial charge on any atom is -0.335 e. The van der Waals surface area contributed by atoms with E-state index in [1.54, 1.807) is 11.3 Å². The maximum atomic E-state index is 4.66. The molecule has 27 heavy (non-hydrogen) atoms. The Morgan fingerprint density at radius 3 is 2.67 bits per heavy atom. The van der Waals surface area contributed by atoms with Crippen LogP contribution in [0, 0.1) is 13.8 Å². The van der Waals surface area contributed by atoms with E-state index in [0.29, 0.717) is 0 Å². The van der Waals surface area contributed by atoms with Crippen molar-refractivity contribution >= 4 is 45.1 Å². The summed E-state index contributed by atoms with van der Waals surface area (Å²) in [5.41, 5.74) is 4.97. The molecule has 2 aromatic carbocycles. The van der Waals surface area contributed by atoms with Gasteiger partial charge in [0.1, 0.15) is 5.01 Å². The van der Waals surface area contributed by atoms with E-state index < -0.39 is 0 Å². The molecular weight excluding hydrogens is 368 g/mol. The zero-order chi connectivity index (χ0) is 18.8. The van der Waals surface area contributed by atoms with E-state index in [9.17, 15) is 0 Å². The van der Waals surface area contributed by atoms with E-state index in [4.69, 9.17) is 0 Å². The number of rotatable bonds is 4. The van der Waals surface area contributed by atoms with Gasteiger partial charge in [-0.1, -0.05) is 42.1 Å². The van der Waals surface area contributed by atoms with E-state index in [1.807, 2.05) is 11.8 Å². The third-order valence-electron chi connectivity index (χ3n) is 4.46. The van der Waals surface area contributed by atoms with Crippen molar-refractivity contribution in [3.05, 3.63) is 81.9 Å². The lowest BCUT2D eigenvalue weighted by Gasteiger charge is -2.17. The maximum absolute atomic E-state index is 4.66. The standard InChI is InChI=1S/C23H22N2S2/c1-4-25-19-13-11-17(3)15-21(19)27-23(25)9-7-5-6-8-22-24-18-12-10-16(2)14-20(18)26-22/h5-15H,4H2,1-3H3/b7-5+,8-6+,23-9-. The minimum absolute atomic E-state index is 0.976. The predicted molar refractivity (Wildman–Crippen MR) is 121 cm³/mol. The van der Waals surface area contributed by atoms with Crippen LogP contribution in [0.1, 0.15) is 23.1 Å². The molecule has 1 aromatic heterocycles. The summed E-state index contributed by atoms with van der Waals surface area (Å²) in [5.74, 6) is 0. The number of hydrogen-bond acceptors (Lipinski definition) is 4. The van der Waals surface area contributed by atoms with Crippen LogP contribution < -0.4 is 4.90 Å². The highest BCUT2D eigenvalue weighted by atomic mass is 32.2. The van der Waals surface area contributed by atoms with Crippen LogP contribution in [0.5, 0.6) is 0 Å². The first kappa shape index (κ1) is 18.1. The van der Waals surface area contributed by atoms with Gasteiger partial charge in [0, 0.05) is 11.4 Å². The van der Waals surface area contributed by atoms with Crippen LogP contribution in [0.4, 0.5) is 5.69 Å². The van der Waals surface area contributed by atoms with Gasteiger partial charge in [-0.2, -0.15) is 0 Å². The van der Waals surface area contributed by atoms with Gasteiger partial charge in [-0.25, -0.2) is 4.98 Å². The van der Waals surface area contributed by atoms with Gasteiger partial charge in [-0.05, 0) is 68.3 Å². The first-order valence-electron chi connectivity index (χ1n) is 9.12. The van der Waals surface area contributed by atoms with E-state index in [0.717, 1.165) is 17.1 Å². The highest BCUT2D eigenvalue weighted by Crippen LogP contribution is 2.46. The zero-order valence-electron chi connectivity index (χ0n) is 15.8. The van der Waals surface area contributed by atoms with Crippen LogP contribution in [0.15, 0.2) is 70.6 Å². The van der Waals surface area contributed by atoms with Crippen molar-refractivity contribution in [1.29, 1.82) is 0 Å². The monoisotopic (exact) mass is 390 g/mol. The number of aromatic nitrogens is 1. The summed E-state index contributed by atoms with van der Waals surface area (Å²) >= 11 is 3.58. The zero-order valence-corrected chi connectivity index (χ0v) is 17.4. The van der Waals surface area contributed by atoms with Crippen LogP contribution in [-0.4, -0.2) is 11.5 Å². The number of anilines is 1. The van der Waals surface area contributed by atoms with Crippen molar-refractivity contribution in [3.63, 3.8) is 0 Å². The third kappa shape index (κ3) is 3.87. The van der Waals surface area contributed by atoms with E-state index >= 15 is 0 Å². The molecule has 0 saturated carbocycles. The fourth-order valence-electron chi connectivity index (χ4n) is 3.12. The Bertz CT molecular complexity index is 1070. The SMILES string of the molecule is CCN1/C(=C/C=C/C=C/c2nc3ccc(C)cc3s2)Sc2cc(C)ccc21. The molecule has 0 N–H and O–H groups in total. The van der Waals surface area contributed by atoms with Crippen LogP contribution in [0.25, 0.3) is 16.3 Å². The van der Waals surface area contributed by atoms with E-state index in [-0.39, 0.29) is 0 Å². The molecule has 0 fully saturated rings. The van der Waals surface area contributed by atoms with Gasteiger partial charge in [0.15, 0.2) is 0 Å². The molecule has 0 bridgehead atoms. The molecule has 136 valence electrons. The fraction of sp³-hybridized carbons (Fsp3) is 0.174. The summed E-state index contributed by atoms with van der Waals surface area (Å²) in [6, 6.07) is 13.1. The van der Waals surface area contributed by atoms with Crippen molar-refractivity contribution in [2.75, 3.05) is 11.4 Å². The summed E-state index contributed by atoms with van der Waals surface area (Å²) in [7, 11) is 0. The number of nitrogens with zero attached hydrogens (tertiary/aromatic N) is 2. The van der Waals surface area contributed by atoms with Crippen LogP contribution in [0.3, 0.4) is 0 Å². The molecule has 2 nitrogen and oxygen atoms in total. The Morgan fingerprint density at radius 1 is 1.00 bits per heavy atom. The minimum atomic E-state index is 0.976. The van der Waals surface area contributed by atoms with Gasteiger partial charge < -0.3 is 4.90 Å². The number of thiazole rings is 1. The van der Waals surface area contributed by atoms with Gasteiger partial charge in [-0.3, -0.25) is 0 Å². The highest BCUT2D eigenvalue weighted by Gasteiger charge is 2.22. The molecule has 0 spiro atoms. The van der Waals surface area contributed by atoms with Crippen LogP contribution in [-0.2, 0) is 0 Å². The predicted octanol–water partition coefficient (Wildman–Crippen LogP) is 6.96. The maximum Gasteiger partial charge on any atom is 0.117 e. The topological polar surface area (TPSA) is 16.1 Å². The first-order chi connectivity index (χ1) is 13.1. The van der Waals surface area contributed by atoms with Crippen LogP contribution in [0.2, 0.25) is 0 Å². The average Bonchev–Trinajstić information content (AvgIpc) is 3.20. The van der Waals surface area contributed by atoms with E-state index in [1.165, 1.54) is 31.4 Å². The van der Waals surface area contributed by atoms with Crippen molar-refractivity contribution < 1.29 is 0 Å². The molecule has 0 atom stereocenters. The van der Waals surface area contributed by atoms with Gasteiger partial charge in [0.25, 0.3) is 0 Å². The summed E-state index contributed by atoms with van der Waals surface area (Å²) in [4.78, 5) is 8.37. The lowest BCUT2D eigenvalue weighted by molar-refractivity contribution is 1.00. The Hall–Kier alpha value is -2.30. The van der Waals surface area contributed by atoms with Gasteiger partial charge in [0.05, 0.1) is 20.9 Å². The number of thioether (sulfide) groups is 1. The summed E-state index contributed by atoms with van der Waals surface area (Å²) < 4.78 is 1.25. The second kappa shape index (κ2) is 7.75. The molecular formula is C23H22N2S2. The van der Waals surface area contributed by atoms with Gasteiger partial charge in [-0.15, -0.1) is 11.3 Å². The molecule has 3 aromatic rings. The normalized spacial score (nSPS) is 15.7. The number of fused-ring (bicyclic) bond motifs is 2. The largest absolute Gasteiger partial charge is 0.335 e. The lowest BCUT2D eigenvalue weighted by atomic mass is 10.2. The quantitative estimate of drug-likeness (QED) is 0.448. The van der Waals surface area contributed by atoms with Gasteiger partial charge in [0.2, 0.25) is 0 Å². The summed E-state index contributed by atoms with van der Waals surface area (Å²) in [6.45, 7) is 7.43. The number of aryl methyl sites for hydroxylation is 2. The number of allylic oxidation sites excluding steroid dienone is 4. The molecule has 0 aliphatic carbocycles. The first-order valence-corrected chi connectivity index (χ1v) is 10.8. The Morgan fingerprint density at radius 2 is 1.81 bits per heavy atom. The third-order valence-corrected chi connectivity index (χ3v) is 6.56. The summed E-state index contributed by atoms with van der Waals surface area (Å²) in [5, 5.41) is 2.32. The second-order valence-electron chi connectivity index (χ2n) is 6.59. The average molecular weight is 391 g/mol. The molecule has 4 heteroatoms. The number of hydrogen-bond donors (Lipinski definition) is 0. The molecule has 0 amide bonds. The molecule has 1 aliphatic rings. The molecule has 0 radical (unpaired) electrons. The highest BCUT2D eigenvalue weighted by molar-refractivity contribution is 8.03. The molecule has 2 heterocycles. The summed E-state index contributed by atoms with van der Waals surface area (Å²) in [6.07, 6.45) is 10.5. The number of benzene rings is 2. The van der Waals surface area contributed by atoms with Crippen molar-refractivity contribution in [3.8, 4) is 0 Å². The lowest BCUT2D eigenvalue weighted by Crippen LogP contribution is -2.16. The molecule has 0 unspecified atom stereocenters. The van der Waals surface area contributed by atoms with Crippen molar-refractivity contribution in [1.82, 2.24) is 4.98 Å². The molecule has 0 saturated heterocycles. The molecule has 1 aliphatic heterocycles. The molecule has 4 rings (SSSR count). The van der Waals surface area contributed by atoms with Crippen molar-refractivity contribution in [2.45, 2.75) is 25.7 Å². The van der Waals surface area contributed by atoms with Crippen LogP contribution >= 0.6 is 23.1 Å². The second-order valence-corrected chi connectivity index (χ2v) is 8.71. The van der Waals surface area contributed by atoms with E-state index in [2.05, 4.69) is 97.4 Å². The Balaban J connectivity index is 1.47. The van der Waals surface area contributed by atoms with Crippen molar-refractivity contribution in [2.24, 2.45) is 0 Å². The smallest absolute Gasteiger partial charge is 0.117 e. The van der Waals surface area contributed by atoms with Gasteiger partial charge >= 0.3 is 0 Å². The fourth-order valence-corrected chi connectivity index (χ4v) is 5.34.